The van der Waals surface area contributed by atoms with E-state index in [0.29, 0.717) is 23.4 Å². The first-order valence-corrected chi connectivity index (χ1v) is 9.55. The summed E-state index contributed by atoms with van der Waals surface area (Å²) in [5.41, 5.74) is 2.17. The number of halogens is 1. The molecule has 0 fully saturated rings. The highest BCUT2D eigenvalue weighted by Crippen LogP contribution is 2.45. The molecule has 29 heavy (non-hydrogen) atoms. The van der Waals surface area contributed by atoms with Crippen LogP contribution in [0.25, 0.3) is 0 Å². The van der Waals surface area contributed by atoms with Crippen LogP contribution in [-0.4, -0.2) is 31.4 Å². The number of ether oxygens (including phenoxy) is 2. The Morgan fingerprint density at radius 1 is 1.31 bits per heavy atom. The molecule has 1 heterocycles. The molecule has 2 aliphatic rings. The largest absolute Gasteiger partial charge is 0.468 e. The van der Waals surface area contributed by atoms with Crippen molar-refractivity contribution in [3.05, 3.63) is 58.2 Å². The minimum atomic E-state index is -0.974. The second-order valence-corrected chi connectivity index (χ2v) is 7.31. The molecular weight excluding hydrogens is 377 g/mol. The summed E-state index contributed by atoms with van der Waals surface area (Å²) in [5.74, 6) is -4.17. The topological polar surface area (TPSA) is 81.7 Å². The van der Waals surface area contributed by atoms with E-state index in [0.717, 1.165) is 0 Å². The third-order valence-corrected chi connectivity index (χ3v) is 5.42. The zero-order valence-corrected chi connectivity index (χ0v) is 16.9. The fourth-order valence-electron chi connectivity index (χ4n) is 4.18. The number of rotatable bonds is 4. The zero-order chi connectivity index (χ0) is 21.3. The highest BCUT2D eigenvalue weighted by Gasteiger charge is 2.47. The SMILES string of the molecule is CCOC(=O)C1=C(C)NC2=C(C(=O)[C@H](C(=O)OC)[C@@H](C)C2)[C@H]1c1cccc(F)c1. The molecule has 0 spiro atoms. The molecule has 1 aliphatic carbocycles. The predicted octanol–water partition coefficient (Wildman–Crippen LogP) is 3.00. The quantitative estimate of drug-likeness (QED) is 0.617. The molecule has 0 amide bonds. The first-order chi connectivity index (χ1) is 13.8. The first-order valence-electron chi connectivity index (χ1n) is 9.55. The van der Waals surface area contributed by atoms with E-state index < -0.39 is 35.4 Å². The third kappa shape index (κ3) is 3.69. The van der Waals surface area contributed by atoms with Crippen molar-refractivity contribution in [2.45, 2.75) is 33.1 Å². The van der Waals surface area contributed by atoms with Gasteiger partial charge in [-0.1, -0.05) is 19.1 Å². The van der Waals surface area contributed by atoms with Crippen LogP contribution < -0.4 is 5.32 Å². The molecule has 7 heteroatoms. The number of carbonyl (C=O) groups excluding carboxylic acids is 3. The predicted molar refractivity (Wildman–Crippen MR) is 103 cm³/mol. The van der Waals surface area contributed by atoms with Gasteiger partial charge in [0.2, 0.25) is 0 Å². The van der Waals surface area contributed by atoms with Gasteiger partial charge in [0, 0.05) is 22.9 Å². The van der Waals surface area contributed by atoms with E-state index in [-0.39, 0.29) is 23.7 Å². The van der Waals surface area contributed by atoms with E-state index in [2.05, 4.69) is 5.32 Å². The normalized spacial score (nSPS) is 24.0. The van der Waals surface area contributed by atoms with Crippen LogP contribution in [0.15, 0.2) is 46.8 Å². The molecule has 1 aromatic carbocycles. The summed E-state index contributed by atoms with van der Waals surface area (Å²) in [6, 6.07) is 5.78. The Kier molecular flexibility index (Phi) is 5.86. The van der Waals surface area contributed by atoms with E-state index >= 15 is 0 Å². The van der Waals surface area contributed by atoms with Crippen LogP contribution in [0, 0.1) is 17.7 Å². The molecule has 3 rings (SSSR count). The number of allylic oxidation sites excluding steroid dienone is 3. The minimum absolute atomic E-state index is 0.160. The van der Waals surface area contributed by atoms with Crippen molar-refractivity contribution >= 4 is 17.7 Å². The molecule has 1 aromatic rings. The lowest BCUT2D eigenvalue weighted by atomic mass is 9.69. The maximum Gasteiger partial charge on any atom is 0.336 e. The summed E-state index contributed by atoms with van der Waals surface area (Å²) >= 11 is 0. The Morgan fingerprint density at radius 3 is 2.66 bits per heavy atom. The fraction of sp³-hybridized carbons (Fsp3) is 0.409. The monoisotopic (exact) mass is 401 g/mol. The first kappa shape index (κ1) is 20.8. The van der Waals surface area contributed by atoms with Gasteiger partial charge in [0.15, 0.2) is 5.78 Å². The van der Waals surface area contributed by atoms with Gasteiger partial charge in [-0.25, -0.2) is 9.18 Å². The van der Waals surface area contributed by atoms with Crippen LogP contribution in [0.4, 0.5) is 4.39 Å². The molecule has 1 aliphatic heterocycles. The third-order valence-electron chi connectivity index (χ3n) is 5.42. The van der Waals surface area contributed by atoms with Crippen molar-refractivity contribution in [3.8, 4) is 0 Å². The van der Waals surface area contributed by atoms with Gasteiger partial charge in [0.1, 0.15) is 11.7 Å². The van der Waals surface area contributed by atoms with E-state index in [9.17, 15) is 18.8 Å². The van der Waals surface area contributed by atoms with Crippen molar-refractivity contribution in [1.29, 1.82) is 0 Å². The van der Waals surface area contributed by atoms with Crippen LogP contribution in [0.5, 0.6) is 0 Å². The lowest BCUT2D eigenvalue weighted by molar-refractivity contribution is -0.151. The molecule has 6 nitrogen and oxygen atoms in total. The van der Waals surface area contributed by atoms with Crippen molar-refractivity contribution in [2.75, 3.05) is 13.7 Å². The Labute approximate surface area is 168 Å². The number of dihydropyridines is 1. The second-order valence-electron chi connectivity index (χ2n) is 7.31. The minimum Gasteiger partial charge on any atom is -0.468 e. The van der Waals surface area contributed by atoms with Gasteiger partial charge < -0.3 is 14.8 Å². The molecular formula is C22H24FNO5. The number of nitrogens with one attached hydrogen (secondary N) is 1. The van der Waals surface area contributed by atoms with Crippen molar-refractivity contribution in [1.82, 2.24) is 5.32 Å². The van der Waals surface area contributed by atoms with Gasteiger partial charge in [0.05, 0.1) is 19.3 Å². The van der Waals surface area contributed by atoms with Gasteiger partial charge in [0.25, 0.3) is 0 Å². The number of hydrogen-bond donors (Lipinski definition) is 1. The molecule has 0 saturated carbocycles. The lowest BCUT2D eigenvalue weighted by Gasteiger charge is -2.38. The number of Topliss-reactive ketones (excluding diaryl/α,β-unsaturated/α-hetero) is 1. The average molecular weight is 401 g/mol. The highest BCUT2D eigenvalue weighted by atomic mass is 19.1. The average Bonchev–Trinajstić information content (AvgIpc) is 2.66. The summed E-state index contributed by atoms with van der Waals surface area (Å²) in [6.45, 7) is 5.38. The second kappa shape index (κ2) is 8.19. The summed E-state index contributed by atoms with van der Waals surface area (Å²) in [4.78, 5) is 38.5. The number of benzene rings is 1. The Balaban J connectivity index is 2.19. The summed E-state index contributed by atoms with van der Waals surface area (Å²) < 4.78 is 24.1. The summed E-state index contributed by atoms with van der Waals surface area (Å²) in [7, 11) is 1.24. The van der Waals surface area contributed by atoms with E-state index in [1.165, 1.54) is 25.3 Å². The van der Waals surface area contributed by atoms with Crippen LogP contribution in [0.2, 0.25) is 0 Å². The highest BCUT2D eigenvalue weighted by molar-refractivity contribution is 6.12. The van der Waals surface area contributed by atoms with Crippen LogP contribution in [0.3, 0.4) is 0 Å². The summed E-state index contributed by atoms with van der Waals surface area (Å²) in [5, 5.41) is 3.15. The number of hydrogen-bond acceptors (Lipinski definition) is 6. The Hall–Kier alpha value is -2.96. The standard InChI is InChI=1S/C22H24FNO5/c1-5-29-22(27)17-12(3)24-15-9-11(2)16(21(26)28-4)20(25)19(15)18(17)13-7-6-8-14(23)10-13/h6-8,10-11,16,18,24H,5,9H2,1-4H3/t11-,16+,18-/m0/s1. The molecule has 0 aromatic heterocycles. The molecule has 0 bridgehead atoms. The van der Waals surface area contributed by atoms with E-state index in [4.69, 9.17) is 9.47 Å². The van der Waals surface area contributed by atoms with Gasteiger partial charge in [-0.15, -0.1) is 0 Å². The smallest absolute Gasteiger partial charge is 0.336 e. The zero-order valence-electron chi connectivity index (χ0n) is 16.9. The molecule has 154 valence electrons. The number of ketones is 1. The van der Waals surface area contributed by atoms with E-state index in [1.54, 1.807) is 19.9 Å². The van der Waals surface area contributed by atoms with Gasteiger partial charge in [-0.2, -0.15) is 0 Å². The molecule has 0 saturated heterocycles. The van der Waals surface area contributed by atoms with Gasteiger partial charge >= 0.3 is 11.9 Å². The maximum absolute atomic E-state index is 14.0. The van der Waals surface area contributed by atoms with Gasteiger partial charge in [-0.3, -0.25) is 9.59 Å². The van der Waals surface area contributed by atoms with Crippen molar-refractivity contribution in [2.24, 2.45) is 11.8 Å². The fourth-order valence-corrected chi connectivity index (χ4v) is 4.18. The molecule has 0 radical (unpaired) electrons. The Bertz CT molecular complexity index is 933. The van der Waals surface area contributed by atoms with E-state index in [1.807, 2.05) is 6.92 Å². The lowest BCUT2D eigenvalue weighted by Crippen LogP contribution is -2.43. The van der Waals surface area contributed by atoms with Crippen molar-refractivity contribution < 1.29 is 28.2 Å². The van der Waals surface area contributed by atoms with Crippen LogP contribution in [-0.2, 0) is 23.9 Å². The van der Waals surface area contributed by atoms with Gasteiger partial charge in [-0.05, 0) is 43.9 Å². The maximum atomic E-state index is 14.0. The number of carbonyl (C=O) groups is 3. The summed E-state index contributed by atoms with van der Waals surface area (Å²) in [6.07, 6.45) is 0.431. The molecule has 3 atom stereocenters. The van der Waals surface area contributed by atoms with Crippen molar-refractivity contribution in [3.63, 3.8) is 0 Å². The Morgan fingerprint density at radius 2 is 2.03 bits per heavy atom. The number of esters is 2. The van der Waals surface area contributed by atoms with Crippen LogP contribution in [0.1, 0.15) is 38.7 Å². The number of methoxy groups -OCH3 is 1. The molecule has 0 unspecified atom stereocenters. The molecule has 1 N–H and O–H groups in total. The van der Waals surface area contributed by atoms with Crippen LogP contribution >= 0.6 is 0 Å².